The number of anilines is 1. The molecule has 0 aliphatic rings. The lowest BCUT2D eigenvalue weighted by Gasteiger charge is -2.17. The van der Waals surface area contributed by atoms with Crippen molar-refractivity contribution in [3.8, 4) is 0 Å². The standard InChI is InChI=1S/C18H19ClN4S/c1-4-14-17(19)18(21-10-20-14)22-11(2)13-6-5-12-7-8-16(24-3)23-15(12)9-13/h5-11H,4H2,1-3H3,(H,20,21,22). The fourth-order valence-corrected chi connectivity index (χ4v) is 3.22. The Bertz CT molecular complexity index is 869. The van der Waals surface area contributed by atoms with E-state index in [0.29, 0.717) is 10.8 Å². The lowest BCUT2D eigenvalue weighted by Crippen LogP contribution is -2.09. The second-order valence-electron chi connectivity index (χ2n) is 5.51. The summed E-state index contributed by atoms with van der Waals surface area (Å²) >= 11 is 8.02. The molecule has 6 heteroatoms. The number of halogens is 1. The zero-order valence-corrected chi connectivity index (χ0v) is 15.4. The average Bonchev–Trinajstić information content (AvgIpc) is 2.62. The summed E-state index contributed by atoms with van der Waals surface area (Å²) in [6, 6.07) is 10.5. The van der Waals surface area contributed by atoms with Gasteiger partial charge >= 0.3 is 0 Å². The summed E-state index contributed by atoms with van der Waals surface area (Å²) in [5.74, 6) is 0.668. The van der Waals surface area contributed by atoms with Crippen molar-refractivity contribution in [2.75, 3.05) is 11.6 Å². The molecule has 0 aliphatic carbocycles. The monoisotopic (exact) mass is 358 g/mol. The first-order valence-corrected chi connectivity index (χ1v) is 9.43. The van der Waals surface area contributed by atoms with Crippen molar-refractivity contribution in [1.29, 1.82) is 0 Å². The van der Waals surface area contributed by atoms with Crippen molar-refractivity contribution in [3.63, 3.8) is 0 Å². The summed E-state index contributed by atoms with van der Waals surface area (Å²) in [4.78, 5) is 13.1. The number of thioether (sulfide) groups is 1. The minimum absolute atomic E-state index is 0.0613. The molecule has 124 valence electrons. The molecule has 0 amide bonds. The van der Waals surface area contributed by atoms with Crippen molar-refractivity contribution >= 4 is 40.1 Å². The average molecular weight is 359 g/mol. The fourth-order valence-electron chi connectivity index (χ4n) is 2.54. The van der Waals surface area contributed by atoms with Crippen LogP contribution in [0.4, 0.5) is 5.82 Å². The number of hydrogen-bond donors (Lipinski definition) is 1. The molecule has 3 aromatic rings. The van der Waals surface area contributed by atoms with Gasteiger partial charge < -0.3 is 5.32 Å². The third-order valence-electron chi connectivity index (χ3n) is 3.95. The molecule has 1 aromatic carbocycles. The fraction of sp³-hybridized carbons (Fsp3) is 0.278. The molecular weight excluding hydrogens is 340 g/mol. The van der Waals surface area contributed by atoms with E-state index in [9.17, 15) is 0 Å². The Labute approximate surface area is 151 Å². The summed E-state index contributed by atoms with van der Waals surface area (Å²) in [5.41, 5.74) is 2.99. The highest BCUT2D eigenvalue weighted by Crippen LogP contribution is 2.28. The van der Waals surface area contributed by atoms with Gasteiger partial charge in [0.15, 0.2) is 0 Å². The number of nitrogens with zero attached hydrogens (tertiary/aromatic N) is 3. The summed E-state index contributed by atoms with van der Waals surface area (Å²) in [5, 5.41) is 6.13. The Hall–Kier alpha value is -1.85. The summed E-state index contributed by atoms with van der Waals surface area (Å²) in [6.07, 6.45) is 4.36. The molecule has 0 bridgehead atoms. The normalized spacial score (nSPS) is 12.3. The number of nitrogens with one attached hydrogen (secondary N) is 1. The second kappa shape index (κ2) is 7.36. The van der Waals surface area contributed by atoms with Crippen molar-refractivity contribution in [2.45, 2.75) is 31.3 Å². The van der Waals surface area contributed by atoms with Gasteiger partial charge in [-0.3, -0.25) is 0 Å². The molecule has 1 atom stereocenters. The quantitative estimate of drug-likeness (QED) is 0.640. The van der Waals surface area contributed by atoms with Gasteiger partial charge in [0.2, 0.25) is 0 Å². The van der Waals surface area contributed by atoms with Gasteiger partial charge in [-0.25, -0.2) is 15.0 Å². The molecule has 0 aliphatic heterocycles. The van der Waals surface area contributed by atoms with Crippen LogP contribution in [0.1, 0.15) is 31.1 Å². The van der Waals surface area contributed by atoms with Crippen molar-refractivity contribution in [1.82, 2.24) is 15.0 Å². The smallest absolute Gasteiger partial charge is 0.148 e. The molecule has 0 radical (unpaired) electrons. The van der Waals surface area contributed by atoms with Crippen LogP contribution in [-0.2, 0) is 6.42 Å². The molecule has 24 heavy (non-hydrogen) atoms. The molecule has 1 N–H and O–H groups in total. The van der Waals surface area contributed by atoms with Crippen LogP contribution >= 0.6 is 23.4 Å². The number of hydrogen-bond acceptors (Lipinski definition) is 5. The maximum absolute atomic E-state index is 6.37. The highest BCUT2D eigenvalue weighted by atomic mass is 35.5. The van der Waals surface area contributed by atoms with Crippen LogP contribution in [-0.4, -0.2) is 21.2 Å². The van der Waals surface area contributed by atoms with Crippen LogP contribution in [0.2, 0.25) is 5.02 Å². The minimum Gasteiger partial charge on any atom is -0.362 e. The zero-order chi connectivity index (χ0) is 17.1. The first kappa shape index (κ1) is 17.0. The highest BCUT2D eigenvalue weighted by Gasteiger charge is 2.12. The number of aryl methyl sites for hydroxylation is 1. The summed E-state index contributed by atoms with van der Waals surface area (Å²) in [7, 11) is 0. The number of fused-ring (bicyclic) bond motifs is 1. The van der Waals surface area contributed by atoms with Crippen molar-refractivity contribution in [2.24, 2.45) is 0 Å². The van der Waals surface area contributed by atoms with Gasteiger partial charge in [-0.05, 0) is 37.3 Å². The lowest BCUT2D eigenvalue weighted by molar-refractivity contribution is 0.867. The van der Waals surface area contributed by atoms with Gasteiger partial charge in [0, 0.05) is 5.39 Å². The van der Waals surface area contributed by atoms with E-state index in [1.165, 1.54) is 0 Å². The van der Waals surface area contributed by atoms with Gasteiger partial charge in [0.1, 0.15) is 17.2 Å². The summed E-state index contributed by atoms with van der Waals surface area (Å²) < 4.78 is 0. The SMILES string of the molecule is CCc1ncnc(NC(C)c2ccc3ccc(SC)nc3c2)c1Cl. The van der Waals surface area contributed by atoms with Crippen LogP contribution < -0.4 is 5.32 Å². The maximum Gasteiger partial charge on any atom is 0.148 e. The lowest BCUT2D eigenvalue weighted by atomic mass is 10.1. The van der Waals surface area contributed by atoms with Gasteiger partial charge in [0.25, 0.3) is 0 Å². The first-order chi connectivity index (χ1) is 11.6. The molecule has 0 saturated heterocycles. The van der Waals surface area contributed by atoms with Crippen molar-refractivity contribution < 1.29 is 0 Å². The van der Waals surface area contributed by atoms with Gasteiger partial charge in [0.05, 0.1) is 22.3 Å². The van der Waals surface area contributed by atoms with Crippen LogP contribution in [0.15, 0.2) is 41.7 Å². The molecule has 2 heterocycles. The molecule has 4 nitrogen and oxygen atoms in total. The van der Waals surface area contributed by atoms with E-state index in [2.05, 4.69) is 51.5 Å². The van der Waals surface area contributed by atoms with Gasteiger partial charge in [-0.1, -0.05) is 36.7 Å². The maximum atomic E-state index is 6.37. The van der Waals surface area contributed by atoms with Crippen LogP contribution in [0.25, 0.3) is 10.9 Å². The number of pyridine rings is 1. The summed E-state index contributed by atoms with van der Waals surface area (Å²) in [6.45, 7) is 4.11. The topological polar surface area (TPSA) is 50.7 Å². The number of benzene rings is 1. The van der Waals surface area contributed by atoms with E-state index in [1.807, 2.05) is 19.2 Å². The van der Waals surface area contributed by atoms with Gasteiger partial charge in [-0.15, -0.1) is 11.8 Å². The predicted molar refractivity (Wildman–Crippen MR) is 102 cm³/mol. The molecule has 2 aromatic heterocycles. The highest BCUT2D eigenvalue weighted by molar-refractivity contribution is 7.98. The van der Waals surface area contributed by atoms with E-state index in [1.54, 1.807) is 18.1 Å². The Balaban J connectivity index is 1.89. The Kier molecular flexibility index (Phi) is 5.21. The van der Waals surface area contributed by atoms with Crippen LogP contribution in [0.5, 0.6) is 0 Å². The largest absolute Gasteiger partial charge is 0.362 e. The molecule has 1 unspecified atom stereocenters. The third kappa shape index (κ3) is 3.47. The molecule has 0 spiro atoms. The molecule has 0 saturated carbocycles. The first-order valence-electron chi connectivity index (χ1n) is 7.83. The van der Waals surface area contributed by atoms with Gasteiger partial charge in [-0.2, -0.15) is 0 Å². The van der Waals surface area contributed by atoms with E-state index in [4.69, 9.17) is 11.6 Å². The second-order valence-corrected chi connectivity index (χ2v) is 6.71. The van der Waals surface area contributed by atoms with E-state index < -0.39 is 0 Å². The Morgan fingerprint density at radius 1 is 1.21 bits per heavy atom. The van der Waals surface area contributed by atoms with Crippen molar-refractivity contribution in [3.05, 3.63) is 52.9 Å². The molecular formula is C18H19ClN4S. The Morgan fingerprint density at radius 3 is 2.75 bits per heavy atom. The zero-order valence-electron chi connectivity index (χ0n) is 13.9. The molecule has 0 fully saturated rings. The number of aromatic nitrogens is 3. The van der Waals surface area contributed by atoms with E-state index >= 15 is 0 Å². The predicted octanol–water partition coefficient (Wildman–Crippen LogP) is 5.14. The van der Waals surface area contributed by atoms with E-state index in [-0.39, 0.29) is 6.04 Å². The third-order valence-corrected chi connectivity index (χ3v) is 4.99. The molecule has 3 rings (SSSR count). The van der Waals surface area contributed by atoms with Crippen LogP contribution in [0.3, 0.4) is 0 Å². The minimum atomic E-state index is 0.0613. The van der Waals surface area contributed by atoms with E-state index in [0.717, 1.165) is 33.6 Å². The van der Waals surface area contributed by atoms with Crippen LogP contribution in [0, 0.1) is 0 Å². The Morgan fingerprint density at radius 2 is 2.00 bits per heavy atom. The number of rotatable bonds is 5.